The van der Waals surface area contributed by atoms with Gasteiger partial charge in [0.2, 0.25) is 0 Å². The molecular formula is C18H28N4O2. The smallest absolute Gasteiger partial charge is 0.305 e. The monoisotopic (exact) mass is 332 g/mol. The molecule has 0 radical (unpaired) electrons. The number of para-hydroxylation sites is 1. The van der Waals surface area contributed by atoms with Crippen LogP contribution in [0.5, 0.6) is 0 Å². The number of carbonyl (C=O) groups excluding carboxylic acids is 1. The van der Waals surface area contributed by atoms with E-state index < -0.39 is 0 Å². The number of benzene rings is 1. The Morgan fingerprint density at radius 2 is 2.12 bits per heavy atom. The Bertz CT molecular complexity index is 533. The summed E-state index contributed by atoms with van der Waals surface area (Å²) in [4.78, 5) is 17.7. The van der Waals surface area contributed by atoms with E-state index >= 15 is 0 Å². The number of nitrogens with one attached hydrogen (secondary N) is 2. The highest BCUT2D eigenvalue weighted by atomic mass is 16.5. The number of unbranched alkanes of at least 4 members (excludes halogenated alkanes) is 1. The fourth-order valence-electron chi connectivity index (χ4n) is 2.84. The first-order chi connectivity index (χ1) is 11.7. The molecule has 0 spiro atoms. The van der Waals surface area contributed by atoms with E-state index in [-0.39, 0.29) is 5.97 Å². The molecule has 24 heavy (non-hydrogen) atoms. The van der Waals surface area contributed by atoms with Gasteiger partial charge in [-0.2, -0.15) is 0 Å². The van der Waals surface area contributed by atoms with Gasteiger partial charge in [-0.05, 0) is 31.4 Å². The number of nitrogens with zero attached hydrogens (tertiary/aromatic N) is 2. The van der Waals surface area contributed by atoms with Crippen LogP contribution < -0.4 is 15.5 Å². The van der Waals surface area contributed by atoms with Crippen LogP contribution in [-0.2, 0) is 9.53 Å². The summed E-state index contributed by atoms with van der Waals surface area (Å²) in [7, 11) is 3.21. The van der Waals surface area contributed by atoms with E-state index in [1.54, 1.807) is 7.05 Å². The van der Waals surface area contributed by atoms with E-state index in [1.165, 1.54) is 12.8 Å². The Hall–Kier alpha value is -2.24. The van der Waals surface area contributed by atoms with E-state index in [0.29, 0.717) is 12.5 Å². The van der Waals surface area contributed by atoms with Crippen LogP contribution in [0.1, 0.15) is 25.7 Å². The van der Waals surface area contributed by atoms with Crippen LogP contribution in [0, 0.1) is 0 Å². The molecule has 132 valence electrons. The van der Waals surface area contributed by atoms with Crippen molar-refractivity contribution in [2.75, 3.05) is 38.7 Å². The molecule has 1 aliphatic heterocycles. The quantitative estimate of drug-likeness (QED) is 0.345. The van der Waals surface area contributed by atoms with Gasteiger partial charge in [-0.15, -0.1) is 0 Å². The van der Waals surface area contributed by atoms with Gasteiger partial charge in [0, 0.05) is 44.8 Å². The third kappa shape index (κ3) is 5.76. The molecule has 0 aromatic heterocycles. The highest BCUT2D eigenvalue weighted by Gasteiger charge is 2.23. The second-order valence-electron chi connectivity index (χ2n) is 5.94. The summed E-state index contributed by atoms with van der Waals surface area (Å²) in [5.41, 5.74) is 1.27. The third-order valence-corrected chi connectivity index (χ3v) is 4.20. The lowest BCUT2D eigenvalue weighted by atomic mass is 10.2. The minimum absolute atomic E-state index is 0.149. The molecule has 1 atom stereocenters. The number of rotatable bonds is 7. The number of hydrogen-bond acceptors (Lipinski definition) is 4. The van der Waals surface area contributed by atoms with Crippen molar-refractivity contribution in [3.63, 3.8) is 0 Å². The number of guanidine groups is 1. The lowest BCUT2D eigenvalue weighted by Crippen LogP contribution is -2.44. The van der Waals surface area contributed by atoms with E-state index in [4.69, 9.17) is 0 Å². The van der Waals surface area contributed by atoms with Crippen molar-refractivity contribution in [3.05, 3.63) is 30.3 Å². The van der Waals surface area contributed by atoms with Crippen molar-refractivity contribution in [1.82, 2.24) is 10.6 Å². The Morgan fingerprint density at radius 3 is 2.83 bits per heavy atom. The number of ether oxygens (including phenoxy) is 1. The van der Waals surface area contributed by atoms with E-state index in [9.17, 15) is 4.79 Å². The highest BCUT2D eigenvalue weighted by molar-refractivity contribution is 5.80. The molecule has 2 rings (SSSR count). The largest absolute Gasteiger partial charge is 0.469 e. The molecule has 1 saturated heterocycles. The zero-order valence-electron chi connectivity index (χ0n) is 14.6. The van der Waals surface area contributed by atoms with Gasteiger partial charge in [-0.25, -0.2) is 0 Å². The maximum Gasteiger partial charge on any atom is 0.305 e. The van der Waals surface area contributed by atoms with Crippen molar-refractivity contribution in [3.8, 4) is 0 Å². The summed E-state index contributed by atoms with van der Waals surface area (Å²) in [6.45, 7) is 2.83. The molecule has 0 amide bonds. The lowest BCUT2D eigenvalue weighted by molar-refractivity contribution is -0.140. The number of esters is 1. The van der Waals surface area contributed by atoms with Crippen molar-refractivity contribution in [1.29, 1.82) is 0 Å². The number of carbonyl (C=O) groups is 1. The highest BCUT2D eigenvalue weighted by Crippen LogP contribution is 2.19. The third-order valence-electron chi connectivity index (χ3n) is 4.20. The van der Waals surface area contributed by atoms with Crippen LogP contribution >= 0.6 is 0 Å². The van der Waals surface area contributed by atoms with E-state index in [0.717, 1.165) is 44.9 Å². The standard InChI is InChI=1S/C18H28N4O2/c1-19-18(20-12-7-6-10-17(23)24-2)21-15-11-13-22(14-15)16-8-4-3-5-9-16/h3-5,8-9,15H,6-7,10-14H2,1-2H3,(H2,19,20,21). The average molecular weight is 332 g/mol. The van der Waals surface area contributed by atoms with Crippen molar-refractivity contribution in [2.24, 2.45) is 4.99 Å². The molecule has 1 heterocycles. The predicted molar refractivity (Wildman–Crippen MR) is 97.4 cm³/mol. The minimum Gasteiger partial charge on any atom is -0.469 e. The summed E-state index contributed by atoms with van der Waals surface area (Å²) < 4.78 is 4.63. The molecule has 1 aromatic rings. The van der Waals surface area contributed by atoms with Gasteiger partial charge < -0.3 is 20.3 Å². The van der Waals surface area contributed by atoms with Crippen LogP contribution in [0.25, 0.3) is 0 Å². The molecule has 0 saturated carbocycles. The first-order valence-electron chi connectivity index (χ1n) is 8.57. The summed E-state index contributed by atoms with van der Waals surface area (Å²) >= 11 is 0. The molecule has 6 heteroatoms. The molecule has 0 bridgehead atoms. The normalized spacial score (nSPS) is 17.7. The van der Waals surface area contributed by atoms with E-state index in [1.807, 2.05) is 6.07 Å². The molecule has 2 N–H and O–H groups in total. The Morgan fingerprint density at radius 1 is 1.33 bits per heavy atom. The van der Waals surface area contributed by atoms with Gasteiger partial charge in [0.15, 0.2) is 5.96 Å². The Balaban J connectivity index is 1.67. The van der Waals surface area contributed by atoms with Gasteiger partial charge in [0.25, 0.3) is 0 Å². The lowest BCUT2D eigenvalue weighted by Gasteiger charge is -2.20. The second-order valence-corrected chi connectivity index (χ2v) is 5.94. The van der Waals surface area contributed by atoms with Crippen LogP contribution in [0.4, 0.5) is 5.69 Å². The second kappa shape index (κ2) is 9.80. The Labute approximate surface area is 144 Å². The zero-order valence-corrected chi connectivity index (χ0v) is 14.6. The number of anilines is 1. The van der Waals surface area contributed by atoms with Crippen LogP contribution in [-0.4, -0.2) is 51.8 Å². The molecule has 1 aliphatic rings. The minimum atomic E-state index is -0.149. The first-order valence-corrected chi connectivity index (χ1v) is 8.57. The van der Waals surface area contributed by atoms with Gasteiger partial charge in [-0.3, -0.25) is 9.79 Å². The Kier molecular flexibility index (Phi) is 7.39. The number of hydrogen-bond donors (Lipinski definition) is 2. The van der Waals surface area contributed by atoms with Crippen molar-refractivity contribution in [2.45, 2.75) is 31.7 Å². The predicted octanol–water partition coefficient (Wildman–Crippen LogP) is 1.77. The van der Waals surface area contributed by atoms with Crippen LogP contribution in [0.15, 0.2) is 35.3 Å². The van der Waals surface area contributed by atoms with Crippen LogP contribution in [0.3, 0.4) is 0 Å². The topological polar surface area (TPSA) is 66.0 Å². The van der Waals surface area contributed by atoms with Gasteiger partial charge in [0.1, 0.15) is 0 Å². The average Bonchev–Trinajstić information content (AvgIpc) is 3.09. The number of methoxy groups -OCH3 is 1. The van der Waals surface area contributed by atoms with E-state index in [2.05, 4.69) is 49.5 Å². The van der Waals surface area contributed by atoms with Crippen LogP contribution in [0.2, 0.25) is 0 Å². The fraction of sp³-hybridized carbons (Fsp3) is 0.556. The van der Waals surface area contributed by atoms with Gasteiger partial charge >= 0.3 is 5.97 Å². The molecule has 0 aliphatic carbocycles. The molecule has 1 aromatic carbocycles. The summed E-state index contributed by atoms with van der Waals surface area (Å²) in [6, 6.07) is 10.9. The van der Waals surface area contributed by atoms with Crippen molar-refractivity contribution < 1.29 is 9.53 Å². The van der Waals surface area contributed by atoms with Gasteiger partial charge in [0.05, 0.1) is 7.11 Å². The summed E-state index contributed by atoms with van der Waals surface area (Å²) in [5.74, 6) is 0.678. The van der Waals surface area contributed by atoms with Gasteiger partial charge in [-0.1, -0.05) is 18.2 Å². The molecule has 1 fully saturated rings. The zero-order chi connectivity index (χ0) is 17.2. The fourth-order valence-corrected chi connectivity index (χ4v) is 2.84. The summed E-state index contributed by atoms with van der Waals surface area (Å²) in [6.07, 6.45) is 3.30. The maximum absolute atomic E-state index is 11.1. The molecule has 1 unspecified atom stereocenters. The molecule has 6 nitrogen and oxygen atoms in total. The van der Waals surface area contributed by atoms with Crippen molar-refractivity contribution >= 4 is 17.6 Å². The first kappa shape index (κ1) is 18.1. The maximum atomic E-state index is 11.1. The molecular weight excluding hydrogens is 304 g/mol. The summed E-state index contributed by atoms with van der Waals surface area (Å²) in [5, 5.41) is 6.79. The SMILES string of the molecule is CN=C(NCCCCC(=O)OC)NC1CCN(c2ccccc2)C1. The number of aliphatic imine (C=N–C) groups is 1.